The standard InChI is InChI=1S/C21H16F5N3O2S2/c1-10(32)31-17-15(22)7-13(8-16(17)23)29-19(33)28(18(30)20(29,2)3)12-5-4-11(9-27)14(6-12)21(24,25)26/h4-8,10,32H,1-3H3. The highest BCUT2D eigenvalue weighted by atomic mass is 32.1. The van der Waals surface area contributed by atoms with Crippen LogP contribution in [-0.2, 0) is 11.0 Å². The van der Waals surface area contributed by atoms with Crippen molar-refractivity contribution >= 4 is 47.2 Å². The van der Waals surface area contributed by atoms with Gasteiger partial charge in [0, 0.05) is 12.1 Å². The summed E-state index contributed by atoms with van der Waals surface area (Å²) < 4.78 is 74.4. The van der Waals surface area contributed by atoms with E-state index in [1.165, 1.54) is 26.8 Å². The van der Waals surface area contributed by atoms with Gasteiger partial charge in [-0.15, -0.1) is 12.6 Å². The molecule has 1 amide bonds. The van der Waals surface area contributed by atoms with Crippen LogP contribution in [0, 0.1) is 23.0 Å². The molecule has 33 heavy (non-hydrogen) atoms. The van der Waals surface area contributed by atoms with Gasteiger partial charge in [0.15, 0.2) is 22.5 Å². The van der Waals surface area contributed by atoms with Crippen LogP contribution in [0.5, 0.6) is 5.75 Å². The van der Waals surface area contributed by atoms with E-state index in [1.54, 1.807) is 0 Å². The Labute approximate surface area is 196 Å². The number of benzene rings is 2. The lowest BCUT2D eigenvalue weighted by Crippen LogP contribution is -2.44. The summed E-state index contributed by atoms with van der Waals surface area (Å²) in [6.07, 6.45) is -4.85. The third kappa shape index (κ3) is 4.35. The lowest BCUT2D eigenvalue weighted by atomic mass is 10.0. The number of ether oxygens (including phenoxy) is 1. The number of alkyl halides is 3. The first-order valence-corrected chi connectivity index (χ1v) is 10.3. The first-order valence-electron chi connectivity index (χ1n) is 9.34. The van der Waals surface area contributed by atoms with Gasteiger partial charge in [0.05, 0.1) is 28.6 Å². The van der Waals surface area contributed by atoms with E-state index in [0.29, 0.717) is 6.07 Å². The topological polar surface area (TPSA) is 56.6 Å². The van der Waals surface area contributed by atoms with E-state index >= 15 is 0 Å². The third-order valence-electron chi connectivity index (χ3n) is 4.88. The largest absolute Gasteiger partial charge is 0.474 e. The Morgan fingerprint density at radius 3 is 2.21 bits per heavy atom. The van der Waals surface area contributed by atoms with Crippen molar-refractivity contribution in [1.29, 1.82) is 5.26 Å². The third-order valence-corrected chi connectivity index (χ3v) is 5.36. The van der Waals surface area contributed by atoms with Gasteiger partial charge in [-0.2, -0.15) is 18.4 Å². The number of carbonyl (C=O) groups is 1. The fourth-order valence-corrected chi connectivity index (χ4v) is 4.05. The second-order valence-corrected chi connectivity index (χ2v) is 8.71. The summed E-state index contributed by atoms with van der Waals surface area (Å²) in [5, 5.41) is 8.70. The van der Waals surface area contributed by atoms with Crippen LogP contribution in [0.15, 0.2) is 30.3 Å². The van der Waals surface area contributed by atoms with Gasteiger partial charge in [0.2, 0.25) is 0 Å². The van der Waals surface area contributed by atoms with Crippen molar-refractivity contribution < 1.29 is 31.5 Å². The molecule has 0 spiro atoms. The average Bonchev–Trinajstić information content (AvgIpc) is 2.87. The number of halogens is 5. The molecule has 0 N–H and O–H groups in total. The van der Waals surface area contributed by atoms with Crippen LogP contribution in [0.1, 0.15) is 31.9 Å². The minimum atomic E-state index is -4.85. The number of rotatable bonds is 4. The lowest BCUT2D eigenvalue weighted by molar-refractivity contribution is -0.137. The van der Waals surface area contributed by atoms with Crippen LogP contribution in [-0.4, -0.2) is 22.0 Å². The molecule has 3 rings (SSSR count). The molecule has 2 aromatic carbocycles. The number of amides is 1. The van der Waals surface area contributed by atoms with Gasteiger partial charge in [0.1, 0.15) is 11.0 Å². The second kappa shape index (κ2) is 8.46. The number of nitriles is 1. The zero-order valence-corrected chi connectivity index (χ0v) is 19.1. The van der Waals surface area contributed by atoms with Crippen molar-refractivity contribution in [3.8, 4) is 11.8 Å². The molecule has 174 valence electrons. The van der Waals surface area contributed by atoms with Crippen LogP contribution < -0.4 is 14.5 Å². The molecule has 1 saturated heterocycles. The van der Waals surface area contributed by atoms with Gasteiger partial charge in [0.25, 0.3) is 5.91 Å². The molecule has 0 radical (unpaired) electrons. The van der Waals surface area contributed by atoms with Crippen molar-refractivity contribution in [3.63, 3.8) is 0 Å². The molecule has 0 aromatic heterocycles. The van der Waals surface area contributed by atoms with E-state index in [-0.39, 0.29) is 16.5 Å². The fourth-order valence-electron chi connectivity index (χ4n) is 3.42. The van der Waals surface area contributed by atoms with E-state index in [9.17, 15) is 26.7 Å². The van der Waals surface area contributed by atoms with E-state index in [1.807, 2.05) is 0 Å². The number of carbonyl (C=O) groups excluding carboxylic acids is 1. The Morgan fingerprint density at radius 2 is 1.73 bits per heavy atom. The maximum atomic E-state index is 14.6. The monoisotopic (exact) mass is 501 g/mol. The Hall–Kier alpha value is -2.91. The normalized spacial score (nSPS) is 16.7. The zero-order valence-electron chi connectivity index (χ0n) is 17.4. The molecule has 0 bridgehead atoms. The first-order chi connectivity index (χ1) is 15.2. The molecule has 1 heterocycles. The summed E-state index contributed by atoms with van der Waals surface area (Å²) in [4.78, 5) is 15.1. The summed E-state index contributed by atoms with van der Waals surface area (Å²) in [5.41, 5.74) is -4.55. The highest BCUT2D eigenvalue weighted by Crippen LogP contribution is 2.41. The first kappa shape index (κ1) is 24.7. The molecule has 1 fully saturated rings. The van der Waals surface area contributed by atoms with Gasteiger partial charge in [-0.3, -0.25) is 9.69 Å². The van der Waals surface area contributed by atoms with Gasteiger partial charge in [-0.25, -0.2) is 8.78 Å². The molecular formula is C21H16F5N3O2S2. The molecule has 1 unspecified atom stereocenters. The number of nitrogens with zero attached hydrogens (tertiary/aromatic N) is 3. The molecule has 5 nitrogen and oxygen atoms in total. The Balaban J connectivity index is 2.11. The van der Waals surface area contributed by atoms with Gasteiger partial charge in [-0.05, 0) is 51.2 Å². The van der Waals surface area contributed by atoms with E-state index in [2.05, 4.69) is 12.6 Å². The molecule has 1 atom stereocenters. The van der Waals surface area contributed by atoms with E-state index in [4.69, 9.17) is 22.2 Å². The van der Waals surface area contributed by atoms with Crippen LogP contribution in [0.25, 0.3) is 0 Å². The minimum absolute atomic E-state index is 0.139. The van der Waals surface area contributed by atoms with Crippen LogP contribution in [0.2, 0.25) is 0 Å². The zero-order chi connectivity index (χ0) is 24.9. The molecule has 0 saturated carbocycles. The predicted molar refractivity (Wildman–Crippen MR) is 118 cm³/mol. The van der Waals surface area contributed by atoms with E-state index < -0.39 is 51.6 Å². The molecule has 2 aromatic rings. The highest BCUT2D eigenvalue weighted by molar-refractivity contribution is 7.81. The smallest absolute Gasteiger partial charge is 0.417 e. The summed E-state index contributed by atoms with van der Waals surface area (Å²) in [7, 11) is 0. The number of hydrogen-bond donors (Lipinski definition) is 1. The van der Waals surface area contributed by atoms with Gasteiger partial charge < -0.3 is 9.64 Å². The second-order valence-electron chi connectivity index (χ2n) is 7.61. The maximum absolute atomic E-state index is 14.6. The van der Waals surface area contributed by atoms with Crippen molar-refractivity contribution in [2.75, 3.05) is 9.80 Å². The molecule has 0 aliphatic carbocycles. The Bertz CT molecular complexity index is 1170. The van der Waals surface area contributed by atoms with E-state index in [0.717, 1.165) is 34.1 Å². The van der Waals surface area contributed by atoms with Crippen molar-refractivity contribution in [3.05, 3.63) is 53.1 Å². The minimum Gasteiger partial charge on any atom is -0.474 e. The fraction of sp³-hybridized carbons (Fsp3) is 0.286. The maximum Gasteiger partial charge on any atom is 0.417 e. The lowest BCUT2D eigenvalue weighted by Gasteiger charge is -2.29. The van der Waals surface area contributed by atoms with Gasteiger partial charge >= 0.3 is 6.18 Å². The Morgan fingerprint density at radius 1 is 1.15 bits per heavy atom. The quantitative estimate of drug-likeness (QED) is 0.262. The van der Waals surface area contributed by atoms with Crippen molar-refractivity contribution in [1.82, 2.24) is 0 Å². The summed E-state index contributed by atoms with van der Waals surface area (Å²) in [6, 6.07) is 5.96. The number of hydrogen-bond acceptors (Lipinski definition) is 5. The number of thiocarbonyl (C=S) groups is 1. The predicted octanol–water partition coefficient (Wildman–Crippen LogP) is 5.43. The highest BCUT2D eigenvalue weighted by Gasteiger charge is 2.51. The SMILES string of the molecule is CC(S)Oc1c(F)cc(N2C(=S)N(c3ccc(C#N)c(C(F)(F)F)c3)C(=O)C2(C)C)cc1F. The number of thiol groups is 1. The number of anilines is 2. The summed E-state index contributed by atoms with van der Waals surface area (Å²) >= 11 is 9.26. The Kier molecular flexibility index (Phi) is 6.34. The van der Waals surface area contributed by atoms with Crippen LogP contribution >= 0.6 is 24.8 Å². The molecule has 12 heteroatoms. The van der Waals surface area contributed by atoms with Crippen molar-refractivity contribution in [2.24, 2.45) is 0 Å². The molecule has 1 aliphatic rings. The molecule has 1 aliphatic heterocycles. The van der Waals surface area contributed by atoms with Crippen molar-refractivity contribution in [2.45, 2.75) is 37.9 Å². The van der Waals surface area contributed by atoms with Crippen LogP contribution in [0.4, 0.5) is 33.3 Å². The summed E-state index contributed by atoms with van der Waals surface area (Å²) in [5.74, 6) is -3.55. The van der Waals surface area contributed by atoms with Crippen LogP contribution in [0.3, 0.4) is 0 Å². The average molecular weight is 502 g/mol. The molecular weight excluding hydrogens is 485 g/mol. The van der Waals surface area contributed by atoms with Gasteiger partial charge in [-0.1, -0.05) is 0 Å². The summed E-state index contributed by atoms with van der Waals surface area (Å²) in [6.45, 7) is 4.27.